The molecule has 1 aliphatic heterocycles. The van der Waals surface area contributed by atoms with Crippen LogP contribution in [0.5, 0.6) is 0 Å². The van der Waals surface area contributed by atoms with E-state index in [9.17, 15) is 9.50 Å². The molecule has 1 fully saturated rings. The Morgan fingerprint density at radius 2 is 2.30 bits per heavy atom. The summed E-state index contributed by atoms with van der Waals surface area (Å²) in [6.07, 6.45) is 3.78. The number of aliphatic hydroxyl groups is 1. The largest absolute Gasteiger partial charge is 0.388 e. The molecule has 2 heterocycles. The first kappa shape index (κ1) is 13.5. The number of nitrogens with one attached hydrogen (secondary N) is 1. The van der Waals surface area contributed by atoms with Gasteiger partial charge in [-0.1, -0.05) is 18.2 Å². The predicted octanol–water partition coefficient (Wildman–Crippen LogP) is 2.75. The van der Waals surface area contributed by atoms with Gasteiger partial charge in [-0.15, -0.1) is 0 Å². The lowest BCUT2D eigenvalue weighted by Gasteiger charge is -2.28. The zero-order valence-corrected chi connectivity index (χ0v) is 11.3. The van der Waals surface area contributed by atoms with E-state index in [4.69, 9.17) is 0 Å². The van der Waals surface area contributed by atoms with Gasteiger partial charge in [-0.05, 0) is 42.8 Å². The zero-order chi connectivity index (χ0) is 13.9. The summed E-state index contributed by atoms with van der Waals surface area (Å²) >= 11 is 0. The SMILES string of the molecule is O[C@@H](C[C@@H]1C[C@H](F)CCN1)c1cccc2ccncc12. The Hall–Kier alpha value is -1.52. The minimum absolute atomic E-state index is 0.0423. The van der Waals surface area contributed by atoms with Crippen LogP contribution in [0.2, 0.25) is 0 Å². The van der Waals surface area contributed by atoms with Crippen molar-refractivity contribution < 1.29 is 9.50 Å². The highest BCUT2D eigenvalue weighted by Crippen LogP contribution is 2.28. The van der Waals surface area contributed by atoms with Gasteiger partial charge in [-0.2, -0.15) is 0 Å². The number of hydrogen-bond acceptors (Lipinski definition) is 3. The smallest absolute Gasteiger partial charge is 0.103 e. The summed E-state index contributed by atoms with van der Waals surface area (Å²) in [6, 6.07) is 7.84. The lowest BCUT2D eigenvalue weighted by Crippen LogP contribution is -2.39. The molecule has 20 heavy (non-hydrogen) atoms. The average molecular weight is 274 g/mol. The van der Waals surface area contributed by atoms with Crippen LogP contribution >= 0.6 is 0 Å². The first-order chi connectivity index (χ1) is 9.74. The summed E-state index contributed by atoms with van der Waals surface area (Å²) in [5.41, 5.74) is 0.874. The van der Waals surface area contributed by atoms with Crippen LogP contribution in [0.25, 0.3) is 10.8 Å². The molecule has 1 aliphatic rings. The number of aliphatic hydroxyl groups excluding tert-OH is 1. The number of nitrogens with zero attached hydrogens (tertiary/aromatic N) is 1. The second kappa shape index (κ2) is 5.85. The Morgan fingerprint density at radius 1 is 1.40 bits per heavy atom. The number of piperidine rings is 1. The molecule has 0 unspecified atom stereocenters. The third-order valence-electron chi connectivity index (χ3n) is 4.02. The van der Waals surface area contributed by atoms with E-state index < -0.39 is 12.3 Å². The van der Waals surface area contributed by atoms with Gasteiger partial charge in [0.2, 0.25) is 0 Å². The van der Waals surface area contributed by atoms with Crippen molar-refractivity contribution in [2.45, 2.75) is 37.6 Å². The number of alkyl halides is 1. The number of rotatable bonds is 3. The van der Waals surface area contributed by atoms with E-state index in [2.05, 4.69) is 10.3 Å². The van der Waals surface area contributed by atoms with Gasteiger partial charge in [0.15, 0.2) is 0 Å². The molecule has 1 aromatic heterocycles. The lowest BCUT2D eigenvalue weighted by molar-refractivity contribution is 0.129. The average Bonchev–Trinajstić information content (AvgIpc) is 2.46. The quantitative estimate of drug-likeness (QED) is 0.904. The number of hydrogen-bond donors (Lipinski definition) is 2. The molecular formula is C16H19FN2O. The maximum Gasteiger partial charge on any atom is 0.103 e. The lowest BCUT2D eigenvalue weighted by atomic mass is 9.93. The first-order valence-corrected chi connectivity index (χ1v) is 7.12. The normalized spacial score (nSPS) is 24.7. The highest BCUT2D eigenvalue weighted by Gasteiger charge is 2.24. The third-order valence-corrected chi connectivity index (χ3v) is 4.02. The molecule has 2 aromatic rings. The molecule has 3 nitrogen and oxygen atoms in total. The Bertz CT molecular complexity index is 584. The molecule has 3 rings (SSSR count). The summed E-state index contributed by atoms with van der Waals surface area (Å²) in [6.45, 7) is 0.690. The Kier molecular flexibility index (Phi) is 3.94. The number of aromatic nitrogens is 1. The summed E-state index contributed by atoms with van der Waals surface area (Å²) in [7, 11) is 0. The van der Waals surface area contributed by atoms with Gasteiger partial charge in [0.05, 0.1) is 6.10 Å². The van der Waals surface area contributed by atoms with Crippen molar-refractivity contribution in [2.75, 3.05) is 6.54 Å². The van der Waals surface area contributed by atoms with Gasteiger partial charge in [-0.3, -0.25) is 4.98 Å². The maximum absolute atomic E-state index is 13.4. The van der Waals surface area contributed by atoms with E-state index in [1.165, 1.54) is 0 Å². The van der Waals surface area contributed by atoms with Gasteiger partial charge in [0, 0.05) is 23.8 Å². The van der Waals surface area contributed by atoms with Crippen molar-refractivity contribution in [1.82, 2.24) is 10.3 Å². The molecule has 1 saturated heterocycles. The van der Waals surface area contributed by atoms with Crippen LogP contribution in [0.4, 0.5) is 4.39 Å². The second-order valence-electron chi connectivity index (χ2n) is 5.47. The van der Waals surface area contributed by atoms with Crippen molar-refractivity contribution in [3.8, 4) is 0 Å². The molecule has 3 atom stereocenters. The summed E-state index contributed by atoms with van der Waals surface area (Å²) in [5.74, 6) is 0. The topological polar surface area (TPSA) is 45.1 Å². The van der Waals surface area contributed by atoms with Crippen molar-refractivity contribution in [3.05, 3.63) is 42.2 Å². The Labute approximate surface area is 117 Å². The van der Waals surface area contributed by atoms with Gasteiger partial charge >= 0.3 is 0 Å². The Balaban J connectivity index is 1.80. The number of benzene rings is 1. The third kappa shape index (κ3) is 2.81. The molecule has 0 radical (unpaired) electrons. The van der Waals surface area contributed by atoms with Crippen molar-refractivity contribution >= 4 is 10.8 Å². The molecule has 2 N–H and O–H groups in total. The number of pyridine rings is 1. The highest BCUT2D eigenvalue weighted by molar-refractivity contribution is 5.85. The van der Waals surface area contributed by atoms with Gasteiger partial charge in [0.1, 0.15) is 6.17 Å². The minimum atomic E-state index is -0.748. The number of halogens is 1. The highest BCUT2D eigenvalue weighted by atomic mass is 19.1. The van der Waals surface area contributed by atoms with Crippen LogP contribution in [0.1, 0.15) is 30.9 Å². The standard InChI is InChI=1S/C16H19FN2O/c17-12-5-7-19-13(8-12)9-16(20)14-3-1-2-11-4-6-18-10-15(11)14/h1-4,6,10,12-13,16,19-20H,5,7-9H2/t12-,13+,16+/m1/s1. The fourth-order valence-electron chi connectivity index (χ4n) is 2.96. The van der Waals surface area contributed by atoms with Crippen LogP contribution in [-0.2, 0) is 0 Å². The minimum Gasteiger partial charge on any atom is -0.388 e. The molecule has 106 valence electrons. The summed E-state index contributed by atoms with van der Waals surface area (Å²) in [4.78, 5) is 4.13. The molecule has 0 amide bonds. The molecule has 0 aliphatic carbocycles. The van der Waals surface area contributed by atoms with Crippen LogP contribution in [-0.4, -0.2) is 28.8 Å². The van der Waals surface area contributed by atoms with Crippen molar-refractivity contribution in [2.24, 2.45) is 0 Å². The van der Waals surface area contributed by atoms with E-state index in [0.29, 0.717) is 25.8 Å². The van der Waals surface area contributed by atoms with Crippen LogP contribution < -0.4 is 5.32 Å². The Morgan fingerprint density at radius 3 is 3.15 bits per heavy atom. The zero-order valence-electron chi connectivity index (χ0n) is 11.3. The molecular weight excluding hydrogens is 255 g/mol. The molecule has 4 heteroatoms. The van der Waals surface area contributed by atoms with E-state index in [-0.39, 0.29) is 6.04 Å². The van der Waals surface area contributed by atoms with Gasteiger partial charge in [-0.25, -0.2) is 4.39 Å². The second-order valence-corrected chi connectivity index (χ2v) is 5.47. The maximum atomic E-state index is 13.4. The molecule has 0 bridgehead atoms. The van der Waals surface area contributed by atoms with Crippen LogP contribution in [0.3, 0.4) is 0 Å². The van der Waals surface area contributed by atoms with Gasteiger partial charge < -0.3 is 10.4 Å². The molecule has 0 spiro atoms. The summed E-state index contributed by atoms with van der Waals surface area (Å²) < 4.78 is 13.4. The van der Waals surface area contributed by atoms with Gasteiger partial charge in [0.25, 0.3) is 0 Å². The van der Waals surface area contributed by atoms with Crippen molar-refractivity contribution in [1.29, 1.82) is 0 Å². The van der Waals surface area contributed by atoms with E-state index in [1.54, 1.807) is 12.4 Å². The van der Waals surface area contributed by atoms with Crippen LogP contribution in [0, 0.1) is 0 Å². The van der Waals surface area contributed by atoms with E-state index in [0.717, 1.165) is 16.3 Å². The van der Waals surface area contributed by atoms with Crippen molar-refractivity contribution in [3.63, 3.8) is 0 Å². The molecule has 1 aromatic carbocycles. The summed E-state index contributed by atoms with van der Waals surface area (Å²) in [5, 5.41) is 15.8. The van der Waals surface area contributed by atoms with Crippen LogP contribution in [0.15, 0.2) is 36.7 Å². The number of fused-ring (bicyclic) bond motifs is 1. The predicted molar refractivity (Wildman–Crippen MR) is 77.2 cm³/mol. The molecule has 0 saturated carbocycles. The van der Waals surface area contributed by atoms with E-state index in [1.807, 2.05) is 24.3 Å². The van der Waals surface area contributed by atoms with E-state index >= 15 is 0 Å². The monoisotopic (exact) mass is 274 g/mol. The first-order valence-electron chi connectivity index (χ1n) is 7.12. The fourth-order valence-corrected chi connectivity index (χ4v) is 2.96. The fraction of sp³-hybridized carbons (Fsp3) is 0.438.